The maximum absolute atomic E-state index is 13.1. The zero-order chi connectivity index (χ0) is 20.3. The van der Waals surface area contributed by atoms with Gasteiger partial charge in [0.1, 0.15) is 9.83 Å². The molecule has 0 radical (unpaired) electrons. The number of allylic oxidation sites excluding steroid dienone is 1. The summed E-state index contributed by atoms with van der Waals surface area (Å²) in [6.07, 6.45) is 1.16. The average Bonchev–Trinajstić information content (AvgIpc) is 3.17. The highest BCUT2D eigenvalue weighted by molar-refractivity contribution is 7.96. The van der Waals surface area contributed by atoms with E-state index in [-0.39, 0.29) is 4.90 Å². The minimum Gasteiger partial charge on any atom is -0.397 e. The molecule has 3 aromatic rings. The largest absolute Gasteiger partial charge is 0.433 e. The summed E-state index contributed by atoms with van der Waals surface area (Å²) < 4.78 is 31.1. The highest BCUT2D eigenvalue weighted by atomic mass is 35.5. The van der Waals surface area contributed by atoms with Crippen molar-refractivity contribution in [2.75, 3.05) is 0 Å². The van der Waals surface area contributed by atoms with Gasteiger partial charge in [0, 0.05) is 5.02 Å². The summed E-state index contributed by atoms with van der Waals surface area (Å²) in [4.78, 5) is 22.2. The zero-order valence-corrected chi connectivity index (χ0v) is 15.7. The quantitative estimate of drug-likeness (QED) is 0.252. The van der Waals surface area contributed by atoms with Gasteiger partial charge >= 0.3 is 5.88 Å². The fraction of sp³-hybridized carbons (Fsp3) is 0. The van der Waals surface area contributed by atoms with Crippen LogP contribution in [0.4, 0.5) is 5.88 Å². The van der Waals surface area contributed by atoms with E-state index in [9.17, 15) is 23.3 Å². The number of benzene rings is 2. The molecular weight excluding hydrogens is 406 g/mol. The molecule has 142 valence electrons. The van der Waals surface area contributed by atoms with Crippen LogP contribution in [0.1, 0.15) is 16.1 Å². The van der Waals surface area contributed by atoms with Crippen molar-refractivity contribution < 1.29 is 22.6 Å². The lowest BCUT2D eigenvalue weighted by Crippen LogP contribution is -2.14. The topological polar surface area (TPSA) is 107 Å². The monoisotopic (exact) mass is 417 g/mol. The summed E-state index contributed by atoms with van der Waals surface area (Å²) in [5.41, 5.74) is 0.372. The minimum atomic E-state index is -4.23. The molecular formula is C19H12ClNO6S. The lowest BCUT2D eigenvalue weighted by molar-refractivity contribution is -0.402. The highest BCUT2D eigenvalue weighted by Crippen LogP contribution is 2.27. The fourth-order valence-corrected chi connectivity index (χ4v) is 4.01. The molecule has 2 aromatic carbocycles. The molecule has 0 N–H and O–H groups in total. The number of carbonyl (C=O) groups excluding carboxylic acids is 1. The van der Waals surface area contributed by atoms with Crippen molar-refractivity contribution in [1.29, 1.82) is 0 Å². The summed E-state index contributed by atoms with van der Waals surface area (Å²) in [7, 11) is -4.23. The van der Waals surface area contributed by atoms with E-state index in [0.29, 0.717) is 10.6 Å². The first-order chi connectivity index (χ1) is 13.3. The SMILES string of the molecule is O=C(/C(=C\c1cccc(Cl)c1)S(=O)(=O)c1ccccc1)c1ccc([N+](=O)[O-])o1. The van der Waals surface area contributed by atoms with Gasteiger partial charge < -0.3 is 4.42 Å². The standard InChI is InChI=1S/C19H12ClNO6S/c20-14-6-4-5-13(11-14)12-17(28(25,26)15-7-2-1-3-8-15)19(22)16-9-10-18(27-16)21(23)24/h1-12H/b17-12+. The maximum Gasteiger partial charge on any atom is 0.433 e. The van der Waals surface area contributed by atoms with Crippen molar-refractivity contribution in [3.05, 3.63) is 98.1 Å². The average molecular weight is 418 g/mol. The molecule has 7 nitrogen and oxygen atoms in total. The van der Waals surface area contributed by atoms with E-state index < -0.39 is 37.1 Å². The Balaban J connectivity index is 2.16. The van der Waals surface area contributed by atoms with Crippen LogP contribution in [0.5, 0.6) is 0 Å². The van der Waals surface area contributed by atoms with Gasteiger partial charge in [-0.2, -0.15) is 0 Å². The van der Waals surface area contributed by atoms with Crippen LogP contribution in [-0.4, -0.2) is 19.1 Å². The molecule has 0 amide bonds. The third-order valence-corrected chi connectivity index (χ3v) is 5.72. The van der Waals surface area contributed by atoms with E-state index >= 15 is 0 Å². The van der Waals surface area contributed by atoms with Gasteiger partial charge in [-0.3, -0.25) is 14.9 Å². The molecule has 0 aliphatic heterocycles. The molecule has 0 aliphatic carbocycles. The van der Waals surface area contributed by atoms with Crippen molar-refractivity contribution in [1.82, 2.24) is 0 Å². The minimum absolute atomic E-state index is 0.0994. The lowest BCUT2D eigenvalue weighted by atomic mass is 10.2. The second-order valence-corrected chi connectivity index (χ2v) is 7.96. The Morgan fingerprint density at radius 3 is 2.36 bits per heavy atom. The molecule has 0 bridgehead atoms. The first-order valence-corrected chi connectivity index (χ1v) is 9.71. The Morgan fingerprint density at radius 1 is 1.04 bits per heavy atom. The fourth-order valence-electron chi connectivity index (χ4n) is 2.41. The molecule has 0 saturated heterocycles. The molecule has 28 heavy (non-hydrogen) atoms. The van der Waals surface area contributed by atoms with E-state index in [0.717, 1.165) is 18.2 Å². The Bertz CT molecular complexity index is 1180. The number of carbonyl (C=O) groups is 1. The van der Waals surface area contributed by atoms with Crippen LogP contribution in [0, 0.1) is 10.1 Å². The number of nitro groups is 1. The predicted molar refractivity (Wildman–Crippen MR) is 103 cm³/mol. The Morgan fingerprint density at radius 2 is 1.75 bits per heavy atom. The summed E-state index contributed by atoms with van der Waals surface area (Å²) in [6.45, 7) is 0. The van der Waals surface area contributed by atoms with Gasteiger partial charge in [-0.25, -0.2) is 8.42 Å². The van der Waals surface area contributed by atoms with E-state index in [2.05, 4.69) is 0 Å². The van der Waals surface area contributed by atoms with Crippen molar-refractivity contribution >= 4 is 39.2 Å². The number of nitrogens with zero attached hydrogens (tertiary/aromatic N) is 1. The first-order valence-electron chi connectivity index (χ1n) is 7.85. The summed E-state index contributed by atoms with van der Waals surface area (Å²) in [6, 6.07) is 15.7. The van der Waals surface area contributed by atoms with E-state index in [1.165, 1.54) is 30.3 Å². The van der Waals surface area contributed by atoms with Crippen LogP contribution in [0.3, 0.4) is 0 Å². The van der Waals surface area contributed by atoms with Crippen molar-refractivity contribution in [3.8, 4) is 0 Å². The first kappa shape index (κ1) is 19.5. The van der Waals surface area contributed by atoms with Gasteiger partial charge in [-0.1, -0.05) is 41.9 Å². The van der Waals surface area contributed by atoms with E-state index in [1.807, 2.05) is 0 Å². The zero-order valence-electron chi connectivity index (χ0n) is 14.1. The molecule has 0 spiro atoms. The normalized spacial score (nSPS) is 12.0. The molecule has 1 aromatic heterocycles. The number of Topliss-reactive ketones (excluding diaryl/α,β-unsaturated/α-hetero) is 1. The molecule has 9 heteroatoms. The van der Waals surface area contributed by atoms with Gasteiger partial charge in [0.15, 0.2) is 5.76 Å². The third kappa shape index (κ3) is 4.03. The van der Waals surface area contributed by atoms with Gasteiger partial charge in [0.05, 0.1) is 11.0 Å². The number of ketones is 1. The Kier molecular flexibility index (Phi) is 5.43. The van der Waals surface area contributed by atoms with Crippen molar-refractivity contribution in [2.45, 2.75) is 4.90 Å². The van der Waals surface area contributed by atoms with Gasteiger partial charge in [0.2, 0.25) is 15.6 Å². The van der Waals surface area contributed by atoms with Crippen LogP contribution in [0.15, 0.2) is 80.9 Å². The second kappa shape index (κ2) is 7.79. The Labute approximate surface area is 164 Å². The lowest BCUT2D eigenvalue weighted by Gasteiger charge is -2.08. The number of furan rings is 1. The third-order valence-electron chi connectivity index (χ3n) is 3.71. The molecule has 0 saturated carbocycles. The van der Waals surface area contributed by atoms with Crippen LogP contribution in [-0.2, 0) is 9.84 Å². The maximum atomic E-state index is 13.1. The summed E-state index contributed by atoms with van der Waals surface area (Å²) >= 11 is 5.94. The number of sulfone groups is 1. The van der Waals surface area contributed by atoms with Crippen molar-refractivity contribution in [3.63, 3.8) is 0 Å². The molecule has 1 heterocycles. The smallest absolute Gasteiger partial charge is 0.397 e. The molecule has 0 aliphatic rings. The van der Waals surface area contributed by atoms with Crippen LogP contribution in [0.2, 0.25) is 5.02 Å². The van der Waals surface area contributed by atoms with Gasteiger partial charge in [-0.15, -0.1) is 0 Å². The number of halogens is 1. The highest BCUT2D eigenvalue weighted by Gasteiger charge is 2.31. The number of rotatable bonds is 6. The van der Waals surface area contributed by atoms with Gasteiger partial charge in [-0.05, 0) is 42.0 Å². The number of hydrogen-bond donors (Lipinski definition) is 0. The second-order valence-electron chi connectivity index (χ2n) is 5.60. The van der Waals surface area contributed by atoms with Crippen molar-refractivity contribution in [2.24, 2.45) is 0 Å². The predicted octanol–water partition coefficient (Wildman–Crippen LogP) is 4.54. The molecule has 0 fully saturated rings. The van der Waals surface area contributed by atoms with E-state index in [1.54, 1.807) is 24.3 Å². The van der Waals surface area contributed by atoms with Crippen LogP contribution < -0.4 is 0 Å². The van der Waals surface area contributed by atoms with Crippen LogP contribution >= 0.6 is 11.6 Å². The Hall–Kier alpha value is -3.23. The molecule has 3 rings (SSSR count). The number of hydrogen-bond acceptors (Lipinski definition) is 6. The van der Waals surface area contributed by atoms with Gasteiger partial charge in [0.25, 0.3) is 0 Å². The van der Waals surface area contributed by atoms with Crippen LogP contribution in [0.25, 0.3) is 6.08 Å². The molecule has 0 unspecified atom stereocenters. The summed E-state index contributed by atoms with van der Waals surface area (Å²) in [5, 5.41) is 11.2. The molecule has 0 atom stereocenters. The van der Waals surface area contributed by atoms with E-state index in [4.69, 9.17) is 16.0 Å². The summed E-state index contributed by atoms with van der Waals surface area (Å²) in [5.74, 6) is -2.13.